The predicted octanol–water partition coefficient (Wildman–Crippen LogP) is 2.40. The smallest absolute Gasteiger partial charge is 0.328 e. The summed E-state index contributed by atoms with van der Waals surface area (Å²) in [5.74, 6) is -0.316. The van der Waals surface area contributed by atoms with Gasteiger partial charge in [-0.05, 0) is 12.1 Å². The summed E-state index contributed by atoms with van der Waals surface area (Å²) >= 11 is 6.01. The molecule has 0 amide bonds. The van der Waals surface area contributed by atoms with E-state index < -0.39 is 5.97 Å². The number of hydrogen-bond donors (Lipinski definition) is 1. The third kappa shape index (κ3) is 3.56. The van der Waals surface area contributed by atoms with Gasteiger partial charge in [-0.15, -0.1) is 0 Å². The molecule has 0 aliphatic rings. The summed E-state index contributed by atoms with van der Waals surface area (Å²) in [7, 11) is 0. The lowest BCUT2D eigenvalue weighted by molar-refractivity contribution is -0.131. The first-order chi connectivity index (χ1) is 9.16. The Morgan fingerprint density at radius 1 is 1.53 bits per heavy atom. The number of aromatic nitrogens is 2. The van der Waals surface area contributed by atoms with Gasteiger partial charge in [0.15, 0.2) is 6.61 Å². The van der Waals surface area contributed by atoms with Crippen molar-refractivity contribution in [3.05, 3.63) is 47.1 Å². The Morgan fingerprint density at radius 3 is 3.05 bits per heavy atom. The molecule has 0 unspecified atom stereocenters. The van der Waals surface area contributed by atoms with Gasteiger partial charge in [-0.3, -0.25) is 0 Å². The average Bonchev–Trinajstić information content (AvgIpc) is 2.88. The molecule has 0 spiro atoms. The lowest BCUT2D eigenvalue weighted by Gasteiger charge is -2.09. The number of carboxylic acids is 1. The SMILES string of the molecule is O=C(O)/C=C/c1cccc(Cl)c1OCc1ncon1. The molecule has 6 nitrogen and oxygen atoms in total. The van der Waals surface area contributed by atoms with Crippen molar-refractivity contribution < 1.29 is 19.2 Å². The van der Waals surface area contributed by atoms with Gasteiger partial charge < -0.3 is 14.4 Å². The van der Waals surface area contributed by atoms with Gasteiger partial charge >= 0.3 is 5.97 Å². The fraction of sp³-hybridized carbons (Fsp3) is 0.0833. The number of hydrogen-bond acceptors (Lipinski definition) is 5. The minimum atomic E-state index is -1.05. The number of para-hydroxylation sites is 1. The molecule has 0 bridgehead atoms. The normalized spacial score (nSPS) is 10.8. The number of carboxylic acid groups (broad SMARTS) is 1. The van der Waals surface area contributed by atoms with Crippen LogP contribution in [0.4, 0.5) is 0 Å². The molecule has 0 saturated carbocycles. The van der Waals surface area contributed by atoms with Crippen LogP contribution >= 0.6 is 11.6 Å². The molecule has 0 atom stereocenters. The molecule has 0 aliphatic heterocycles. The summed E-state index contributed by atoms with van der Waals surface area (Å²) in [4.78, 5) is 14.3. The largest absolute Gasteiger partial charge is 0.483 e. The summed E-state index contributed by atoms with van der Waals surface area (Å²) in [6.45, 7) is 0.0775. The lowest BCUT2D eigenvalue weighted by atomic mass is 10.2. The number of rotatable bonds is 5. The fourth-order valence-electron chi connectivity index (χ4n) is 1.36. The van der Waals surface area contributed by atoms with E-state index >= 15 is 0 Å². The Balaban J connectivity index is 2.20. The zero-order valence-corrected chi connectivity index (χ0v) is 10.4. The van der Waals surface area contributed by atoms with Crippen molar-refractivity contribution in [3.63, 3.8) is 0 Å². The van der Waals surface area contributed by atoms with Gasteiger partial charge in [0.1, 0.15) is 5.75 Å². The molecule has 1 aromatic carbocycles. The van der Waals surface area contributed by atoms with Crippen molar-refractivity contribution in [3.8, 4) is 5.75 Å². The highest BCUT2D eigenvalue weighted by atomic mass is 35.5. The molecule has 7 heteroatoms. The van der Waals surface area contributed by atoms with Crippen molar-refractivity contribution in [1.29, 1.82) is 0 Å². The monoisotopic (exact) mass is 280 g/mol. The quantitative estimate of drug-likeness (QED) is 0.847. The van der Waals surface area contributed by atoms with E-state index in [2.05, 4.69) is 14.7 Å². The summed E-state index contributed by atoms with van der Waals surface area (Å²) in [5.41, 5.74) is 0.554. The van der Waals surface area contributed by atoms with E-state index in [0.717, 1.165) is 6.08 Å². The van der Waals surface area contributed by atoms with Crippen LogP contribution in [-0.2, 0) is 11.4 Å². The Morgan fingerprint density at radius 2 is 2.37 bits per heavy atom. The third-order valence-corrected chi connectivity index (χ3v) is 2.45. The summed E-state index contributed by atoms with van der Waals surface area (Å²) in [5, 5.41) is 12.6. The second-order valence-corrected chi connectivity index (χ2v) is 3.87. The van der Waals surface area contributed by atoms with Crippen LogP contribution in [0.1, 0.15) is 11.4 Å². The first kappa shape index (κ1) is 13.1. The van der Waals surface area contributed by atoms with Crippen LogP contribution in [0, 0.1) is 0 Å². The van der Waals surface area contributed by atoms with Crippen LogP contribution in [-0.4, -0.2) is 21.2 Å². The molecule has 2 aromatic rings. The number of carbonyl (C=O) groups is 1. The molecule has 1 N–H and O–H groups in total. The maximum Gasteiger partial charge on any atom is 0.328 e. The molecular formula is C12H9ClN2O4. The van der Waals surface area contributed by atoms with Gasteiger partial charge in [0.25, 0.3) is 0 Å². The van der Waals surface area contributed by atoms with Gasteiger partial charge in [-0.25, -0.2) is 4.79 Å². The van der Waals surface area contributed by atoms with Crippen LogP contribution < -0.4 is 4.74 Å². The summed E-state index contributed by atoms with van der Waals surface area (Å²) in [6, 6.07) is 5.03. The van der Waals surface area contributed by atoms with E-state index in [1.165, 1.54) is 12.5 Å². The Kier molecular flexibility index (Phi) is 4.15. The van der Waals surface area contributed by atoms with Crippen LogP contribution in [0.5, 0.6) is 5.75 Å². The molecule has 0 radical (unpaired) electrons. The van der Waals surface area contributed by atoms with E-state index in [1.54, 1.807) is 18.2 Å². The van der Waals surface area contributed by atoms with E-state index in [4.69, 9.17) is 21.4 Å². The molecule has 0 saturated heterocycles. The number of aliphatic carboxylic acids is 1. The van der Waals surface area contributed by atoms with Gasteiger partial charge in [-0.2, -0.15) is 4.98 Å². The molecule has 0 aliphatic carbocycles. The average molecular weight is 281 g/mol. The van der Waals surface area contributed by atoms with Gasteiger partial charge in [-0.1, -0.05) is 28.9 Å². The van der Waals surface area contributed by atoms with Crippen LogP contribution in [0.3, 0.4) is 0 Å². The highest BCUT2D eigenvalue weighted by Gasteiger charge is 2.08. The first-order valence-electron chi connectivity index (χ1n) is 5.24. The predicted molar refractivity (Wildman–Crippen MR) is 66.8 cm³/mol. The molecule has 1 heterocycles. The van der Waals surface area contributed by atoms with Crippen LogP contribution in [0.25, 0.3) is 6.08 Å². The standard InChI is InChI=1S/C12H9ClN2O4/c13-9-3-1-2-8(4-5-11(16)17)12(9)18-6-10-14-7-19-15-10/h1-5,7H,6H2,(H,16,17)/b5-4+. The minimum absolute atomic E-state index is 0.0775. The van der Waals surface area contributed by atoms with Crippen molar-refractivity contribution in [2.45, 2.75) is 6.61 Å². The maximum absolute atomic E-state index is 10.5. The van der Waals surface area contributed by atoms with Crippen molar-refractivity contribution in [2.24, 2.45) is 0 Å². The van der Waals surface area contributed by atoms with Crippen molar-refractivity contribution >= 4 is 23.6 Å². The van der Waals surface area contributed by atoms with Crippen LogP contribution in [0.15, 0.2) is 35.2 Å². The molecule has 98 valence electrons. The lowest BCUT2D eigenvalue weighted by Crippen LogP contribution is -1.99. The number of nitrogens with zero attached hydrogens (tertiary/aromatic N) is 2. The van der Waals surface area contributed by atoms with Crippen molar-refractivity contribution in [2.75, 3.05) is 0 Å². The topological polar surface area (TPSA) is 85.5 Å². The van der Waals surface area contributed by atoms with Crippen molar-refractivity contribution in [1.82, 2.24) is 10.1 Å². The maximum atomic E-state index is 10.5. The zero-order chi connectivity index (χ0) is 13.7. The first-order valence-corrected chi connectivity index (χ1v) is 5.62. The minimum Gasteiger partial charge on any atom is -0.483 e. The van der Waals surface area contributed by atoms with Gasteiger partial charge in [0, 0.05) is 11.6 Å². The fourth-order valence-corrected chi connectivity index (χ4v) is 1.60. The molecule has 2 rings (SSSR count). The Bertz CT molecular complexity index is 596. The van der Waals surface area contributed by atoms with Gasteiger partial charge in [0.05, 0.1) is 5.02 Å². The number of ether oxygens (including phenoxy) is 1. The number of halogens is 1. The summed E-state index contributed by atoms with van der Waals surface area (Å²) in [6.07, 6.45) is 3.60. The highest BCUT2D eigenvalue weighted by Crippen LogP contribution is 2.30. The molecule has 0 fully saturated rings. The molecule has 19 heavy (non-hydrogen) atoms. The van der Waals surface area contributed by atoms with E-state index in [9.17, 15) is 4.79 Å². The Hall–Kier alpha value is -2.34. The second kappa shape index (κ2) is 6.01. The second-order valence-electron chi connectivity index (χ2n) is 3.47. The van der Waals surface area contributed by atoms with Crippen LogP contribution in [0.2, 0.25) is 5.02 Å². The Labute approximate surface area is 113 Å². The molecule has 1 aromatic heterocycles. The summed E-state index contributed by atoms with van der Waals surface area (Å²) < 4.78 is 10.1. The zero-order valence-electron chi connectivity index (χ0n) is 9.62. The number of benzene rings is 1. The van der Waals surface area contributed by atoms with E-state index in [1.807, 2.05) is 0 Å². The van der Waals surface area contributed by atoms with E-state index in [0.29, 0.717) is 22.2 Å². The highest BCUT2D eigenvalue weighted by molar-refractivity contribution is 6.32. The molecular weight excluding hydrogens is 272 g/mol. The third-order valence-electron chi connectivity index (χ3n) is 2.16. The van der Waals surface area contributed by atoms with E-state index in [-0.39, 0.29) is 6.61 Å². The van der Waals surface area contributed by atoms with Gasteiger partial charge in [0.2, 0.25) is 12.2 Å².